The molecule has 2 aromatic rings. The Kier molecular flexibility index (Phi) is 5.43. The van der Waals surface area contributed by atoms with E-state index in [4.69, 9.17) is 4.84 Å². The zero-order valence-electron chi connectivity index (χ0n) is 14.5. The van der Waals surface area contributed by atoms with Crippen LogP contribution < -0.4 is 10.9 Å². The van der Waals surface area contributed by atoms with Crippen LogP contribution in [-0.4, -0.2) is 29.2 Å². The second-order valence-corrected chi connectivity index (χ2v) is 6.82. The molecule has 138 valence electrons. The zero-order valence-corrected chi connectivity index (χ0v) is 16.1. The van der Waals surface area contributed by atoms with Crippen molar-refractivity contribution in [3.05, 3.63) is 56.2 Å². The number of hydroxylamine groups is 2. The quantitative estimate of drug-likeness (QED) is 0.747. The SMILES string of the molecule is CCN(OC)C(=O)c1c(Nc2ccc(Br)cc2F)cc(=O)n2c1CCC2. The van der Waals surface area contributed by atoms with Crippen LogP contribution in [0.15, 0.2) is 33.5 Å². The average molecular weight is 424 g/mol. The molecule has 0 saturated heterocycles. The van der Waals surface area contributed by atoms with Gasteiger partial charge < -0.3 is 9.88 Å². The molecule has 2 heterocycles. The van der Waals surface area contributed by atoms with E-state index in [1.807, 2.05) is 0 Å². The lowest BCUT2D eigenvalue weighted by atomic mass is 10.1. The summed E-state index contributed by atoms with van der Waals surface area (Å²) in [5.41, 5.74) is 1.25. The number of nitrogens with zero attached hydrogens (tertiary/aromatic N) is 2. The fourth-order valence-electron chi connectivity index (χ4n) is 3.16. The van der Waals surface area contributed by atoms with Gasteiger partial charge in [-0.15, -0.1) is 0 Å². The van der Waals surface area contributed by atoms with Gasteiger partial charge in [0.05, 0.1) is 24.0 Å². The lowest BCUT2D eigenvalue weighted by Gasteiger charge is -2.22. The molecule has 1 aromatic carbocycles. The number of nitrogens with one attached hydrogen (secondary N) is 1. The van der Waals surface area contributed by atoms with E-state index < -0.39 is 5.82 Å². The fraction of sp³-hybridized carbons (Fsp3) is 0.333. The van der Waals surface area contributed by atoms with Crippen LogP contribution in [0.5, 0.6) is 0 Å². The lowest BCUT2D eigenvalue weighted by molar-refractivity contribution is -0.0915. The topological polar surface area (TPSA) is 63.6 Å². The number of carbonyl (C=O) groups is 1. The lowest BCUT2D eigenvalue weighted by Crippen LogP contribution is -2.33. The van der Waals surface area contributed by atoms with Gasteiger partial charge in [0, 0.05) is 29.3 Å². The molecule has 1 aliphatic heterocycles. The molecule has 1 N–H and O–H groups in total. The first-order chi connectivity index (χ1) is 12.5. The third-order valence-corrected chi connectivity index (χ3v) is 4.85. The highest BCUT2D eigenvalue weighted by Gasteiger charge is 2.28. The maximum atomic E-state index is 14.2. The normalized spacial score (nSPS) is 12.8. The van der Waals surface area contributed by atoms with Crippen LogP contribution in [0.3, 0.4) is 0 Å². The van der Waals surface area contributed by atoms with Crippen molar-refractivity contribution in [3.63, 3.8) is 0 Å². The molecule has 8 heteroatoms. The van der Waals surface area contributed by atoms with Crippen LogP contribution in [0.1, 0.15) is 29.4 Å². The molecule has 0 bridgehead atoms. The van der Waals surface area contributed by atoms with Gasteiger partial charge in [0.2, 0.25) is 0 Å². The minimum atomic E-state index is -0.488. The van der Waals surface area contributed by atoms with Gasteiger partial charge in [0.25, 0.3) is 11.5 Å². The Bertz CT molecular complexity index is 909. The molecule has 1 amide bonds. The summed E-state index contributed by atoms with van der Waals surface area (Å²) >= 11 is 3.21. The Morgan fingerprint density at radius 1 is 1.38 bits per heavy atom. The van der Waals surface area contributed by atoms with Crippen molar-refractivity contribution in [1.82, 2.24) is 9.63 Å². The van der Waals surface area contributed by atoms with Crippen molar-refractivity contribution in [2.45, 2.75) is 26.3 Å². The summed E-state index contributed by atoms with van der Waals surface area (Å²) in [6, 6.07) is 5.89. The van der Waals surface area contributed by atoms with E-state index in [0.717, 1.165) is 6.42 Å². The Labute approximate surface area is 158 Å². The van der Waals surface area contributed by atoms with Crippen LogP contribution in [0.2, 0.25) is 0 Å². The van der Waals surface area contributed by atoms with Gasteiger partial charge in [0.15, 0.2) is 0 Å². The highest BCUT2D eigenvalue weighted by Crippen LogP contribution is 2.29. The minimum absolute atomic E-state index is 0.185. The van der Waals surface area contributed by atoms with Crippen LogP contribution >= 0.6 is 15.9 Å². The average Bonchev–Trinajstić information content (AvgIpc) is 3.08. The number of carbonyl (C=O) groups excluding carboxylic acids is 1. The molecule has 0 aliphatic carbocycles. The zero-order chi connectivity index (χ0) is 18.8. The van der Waals surface area contributed by atoms with Crippen molar-refractivity contribution >= 4 is 33.2 Å². The van der Waals surface area contributed by atoms with Gasteiger partial charge in [-0.1, -0.05) is 15.9 Å². The Balaban J connectivity index is 2.13. The summed E-state index contributed by atoms with van der Waals surface area (Å²) in [6.07, 6.45) is 1.39. The number of aromatic nitrogens is 1. The molecule has 26 heavy (non-hydrogen) atoms. The second-order valence-electron chi connectivity index (χ2n) is 5.90. The highest BCUT2D eigenvalue weighted by atomic mass is 79.9. The molecule has 3 rings (SSSR count). The summed E-state index contributed by atoms with van der Waals surface area (Å²) in [5.74, 6) is -0.849. The van der Waals surface area contributed by atoms with Gasteiger partial charge >= 0.3 is 0 Å². The molecule has 6 nitrogen and oxygen atoms in total. The summed E-state index contributed by atoms with van der Waals surface area (Å²) in [4.78, 5) is 30.5. The summed E-state index contributed by atoms with van der Waals surface area (Å²) in [6.45, 7) is 2.71. The predicted molar refractivity (Wildman–Crippen MR) is 100 cm³/mol. The molecule has 0 unspecified atom stereocenters. The van der Waals surface area contributed by atoms with Crippen LogP contribution in [-0.2, 0) is 17.8 Å². The number of amides is 1. The van der Waals surface area contributed by atoms with E-state index in [2.05, 4.69) is 21.2 Å². The molecule has 1 aliphatic rings. The maximum absolute atomic E-state index is 14.2. The first-order valence-electron chi connectivity index (χ1n) is 8.31. The van der Waals surface area contributed by atoms with Crippen molar-refractivity contribution in [2.75, 3.05) is 19.0 Å². The predicted octanol–water partition coefficient (Wildman–Crippen LogP) is 3.46. The van der Waals surface area contributed by atoms with Crippen LogP contribution in [0, 0.1) is 5.82 Å². The molecule has 0 saturated carbocycles. The third-order valence-electron chi connectivity index (χ3n) is 4.36. The number of halogens is 2. The van der Waals surface area contributed by atoms with Crippen molar-refractivity contribution in [2.24, 2.45) is 0 Å². The Morgan fingerprint density at radius 2 is 2.15 bits per heavy atom. The molecule has 0 atom stereocenters. The first kappa shape index (κ1) is 18.6. The van der Waals surface area contributed by atoms with E-state index in [0.29, 0.717) is 35.2 Å². The van der Waals surface area contributed by atoms with Gasteiger partial charge in [-0.3, -0.25) is 14.4 Å². The van der Waals surface area contributed by atoms with Gasteiger partial charge in [-0.2, -0.15) is 0 Å². The number of hydrogen-bond acceptors (Lipinski definition) is 4. The van der Waals surface area contributed by atoms with E-state index in [1.54, 1.807) is 23.6 Å². The summed E-state index contributed by atoms with van der Waals surface area (Å²) in [7, 11) is 1.41. The number of hydrogen-bond donors (Lipinski definition) is 1. The van der Waals surface area contributed by atoms with Crippen molar-refractivity contribution in [3.8, 4) is 0 Å². The number of benzene rings is 1. The maximum Gasteiger partial charge on any atom is 0.281 e. The fourth-order valence-corrected chi connectivity index (χ4v) is 3.49. The van der Waals surface area contributed by atoms with E-state index >= 15 is 0 Å². The molecular weight excluding hydrogens is 405 g/mol. The first-order valence-corrected chi connectivity index (χ1v) is 9.10. The minimum Gasteiger partial charge on any atom is -0.352 e. The Hall–Kier alpha value is -2.19. The summed E-state index contributed by atoms with van der Waals surface area (Å²) < 4.78 is 16.4. The van der Waals surface area contributed by atoms with Gasteiger partial charge in [-0.05, 0) is 38.0 Å². The van der Waals surface area contributed by atoms with Crippen molar-refractivity contribution < 1.29 is 14.0 Å². The largest absolute Gasteiger partial charge is 0.352 e. The highest BCUT2D eigenvalue weighted by molar-refractivity contribution is 9.10. The standard InChI is InChI=1S/C18H19BrFN3O3/c1-3-23(26-2)18(25)17-14(10-16(24)22-8-4-5-15(17)22)21-13-7-6-11(19)9-12(13)20/h6-7,9-10,21H,3-5,8H2,1-2H3. The molecule has 0 spiro atoms. The number of anilines is 2. The number of rotatable bonds is 5. The molecule has 0 radical (unpaired) electrons. The number of fused-ring (bicyclic) bond motifs is 1. The second kappa shape index (κ2) is 7.59. The van der Waals surface area contributed by atoms with E-state index in [1.165, 1.54) is 24.3 Å². The summed E-state index contributed by atoms with van der Waals surface area (Å²) in [5, 5.41) is 4.12. The smallest absolute Gasteiger partial charge is 0.281 e. The molecule has 0 fully saturated rings. The monoisotopic (exact) mass is 423 g/mol. The molecule has 1 aromatic heterocycles. The van der Waals surface area contributed by atoms with Gasteiger partial charge in [-0.25, -0.2) is 9.45 Å². The van der Waals surface area contributed by atoms with Gasteiger partial charge in [0.1, 0.15) is 5.82 Å². The van der Waals surface area contributed by atoms with Crippen LogP contribution in [0.25, 0.3) is 0 Å². The van der Waals surface area contributed by atoms with E-state index in [-0.39, 0.29) is 22.8 Å². The molecular formula is C18H19BrFN3O3. The van der Waals surface area contributed by atoms with Crippen molar-refractivity contribution in [1.29, 1.82) is 0 Å². The number of pyridine rings is 1. The van der Waals surface area contributed by atoms with Crippen LogP contribution in [0.4, 0.5) is 15.8 Å². The Morgan fingerprint density at radius 3 is 2.81 bits per heavy atom. The van der Waals surface area contributed by atoms with E-state index in [9.17, 15) is 14.0 Å². The third kappa shape index (κ3) is 3.39.